The van der Waals surface area contributed by atoms with Crippen LogP contribution in [-0.2, 0) is 13.0 Å². The van der Waals surface area contributed by atoms with Gasteiger partial charge in [0.05, 0.1) is 17.8 Å². The van der Waals surface area contributed by atoms with Crippen LogP contribution in [0.5, 0.6) is 5.88 Å². The molecule has 0 amide bonds. The van der Waals surface area contributed by atoms with Gasteiger partial charge in [-0.2, -0.15) is 4.98 Å². The van der Waals surface area contributed by atoms with Gasteiger partial charge in [0, 0.05) is 18.8 Å². The number of nitrogen functional groups attached to an aromatic ring is 1. The third-order valence-electron chi connectivity index (χ3n) is 3.48. The van der Waals surface area contributed by atoms with E-state index in [0.29, 0.717) is 11.8 Å². The van der Waals surface area contributed by atoms with Crippen molar-refractivity contribution in [3.63, 3.8) is 0 Å². The standard InChI is InChI=1S/C14H15BrN4O/c1-20-13-11(15)7-17-14(18-13)19-6-5-10-9(8-19)3-2-4-12(10)16/h2-4,7H,5-6,8,16H2,1H3. The predicted molar refractivity (Wildman–Crippen MR) is 81.9 cm³/mol. The molecule has 2 N–H and O–H groups in total. The lowest BCUT2D eigenvalue weighted by atomic mass is 9.98. The largest absolute Gasteiger partial charge is 0.480 e. The maximum Gasteiger partial charge on any atom is 0.232 e. The Bertz CT molecular complexity index is 647. The molecule has 0 atom stereocenters. The normalized spacial score (nSPS) is 14.0. The molecule has 1 aromatic heterocycles. The summed E-state index contributed by atoms with van der Waals surface area (Å²) in [4.78, 5) is 10.9. The van der Waals surface area contributed by atoms with Crippen molar-refractivity contribution >= 4 is 27.6 Å². The minimum Gasteiger partial charge on any atom is -0.480 e. The third-order valence-corrected chi connectivity index (χ3v) is 4.02. The number of hydrogen-bond acceptors (Lipinski definition) is 5. The van der Waals surface area contributed by atoms with Crippen LogP contribution in [0.4, 0.5) is 11.6 Å². The van der Waals surface area contributed by atoms with E-state index < -0.39 is 0 Å². The second-order valence-corrected chi connectivity index (χ2v) is 5.54. The van der Waals surface area contributed by atoms with E-state index in [9.17, 15) is 0 Å². The van der Waals surface area contributed by atoms with Crippen LogP contribution in [-0.4, -0.2) is 23.6 Å². The van der Waals surface area contributed by atoms with E-state index >= 15 is 0 Å². The van der Waals surface area contributed by atoms with Crippen molar-refractivity contribution in [2.75, 3.05) is 24.3 Å². The summed E-state index contributed by atoms with van der Waals surface area (Å²) >= 11 is 3.36. The van der Waals surface area contributed by atoms with Crippen molar-refractivity contribution < 1.29 is 4.74 Å². The Morgan fingerprint density at radius 1 is 1.40 bits per heavy atom. The van der Waals surface area contributed by atoms with Crippen LogP contribution in [0.25, 0.3) is 0 Å². The zero-order valence-corrected chi connectivity index (χ0v) is 12.7. The van der Waals surface area contributed by atoms with E-state index in [2.05, 4.69) is 36.9 Å². The Morgan fingerprint density at radius 3 is 3.05 bits per heavy atom. The molecular weight excluding hydrogens is 320 g/mol. The topological polar surface area (TPSA) is 64.3 Å². The van der Waals surface area contributed by atoms with Crippen molar-refractivity contribution in [1.29, 1.82) is 0 Å². The Balaban J connectivity index is 1.90. The number of aromatic nitrogens is 2. The number of rotatable bonds is 2. The minimum atomic E-state index is 0.549. The molecule has 3 rings (SSSR count). The van der Waals surface area contributed by atoms with Crippen molar-refractivity contribution in [3.8, 4) is 5.88 Å². The first-order valence-corrected chi connectivity index (χ1v) is 7.16. The monoisotopic (exact) mass is 334 g/mol. The van der Waals surface area contributed by atoms with Crippen LogP contribution >= 0.6 is 15.9 Å². The summed E-state index contributed by atoms with van der Waals surface area (Å²) in [6.45, 7) is 1.62. The van der Waals surface area contributed by atoms with Gasteiger partial charge in [-0.15, -0.1) is 0 Å². The second kappa shape index (κ2) is 5.28. The van der Waals surface area contributed by atoms with E-state index in [1.165, 1.54) is 11.1 Å². The minimum absolute atomic E-state index is 0.549. The molecular formula is C14H15BrN4O. The molecule has 6 heteroatoms. The first-order valence-electron chi connectivity index (χ1n) is 6.36. The quantitative estimate of drug-likeness (QED) is 0.854. The first-order chi connectivity index (χ1) is 9.69. The average Bonchev–Trinajstić information content (AvgIpc) is 2.47. The van der Waals surface area contributed by atoms with E-state index in [1.54, 1.807) is 13.3 Å². The first kappa shape index (κ1) is 13.2. The number of nitrogens with zero attached hydrogens (tertiary/aromatic N) is 3. The van der Waals surface area contributed by atoms with Gasteiger partial charge < -0.3 is 15.4 Å². The van der Waals surface area contributed by atoms with E-state index in [1.807, 2.05) is 12.1 Å². The number of nitrogens with two attached hydrogens (primary N) is 1. The van der Waals surface area contributed by atoms with Gasteiger partial charge in [-0.3, -0.25) is 0 Å². The highest BCUT2D eigenvalue weighted by Gasteiger charge is 2.20. The van der Waals surface area contributed by atoms with Crippen LogP contribution in [0.15, 0.2) is 28.9 Å². The van der Waals surface area contributed by atoms with E-state index in [4.69, 9.17) is 10.5 Å². The van der Waals surface area contributed by atoms with Gasteiger partial charge in [-0.1, -0.05) is 12.1 Å². The highest BCUT2D eigenvalue weighted by Crippen LogP contribution is 2.28. The van der Waals surface area contributed by atoms with Crippen molar-refractivity contribution in [2.45, 2.75) is 13.0 Å². The maximum atomic E-state index is 6.02. The smallest absolute Gasteiger partial charge is 0.232 e. The van der Waals surface area contributed by atoms with E-state index in [0.717, 1.165) is 29.7 Å². The molecule has 0 radical (unpaired) electrons. The molecule has 0 fully saturated rings. The number of ether oxygens (including phenoxy) is 1. The van der Waals surface area contributed by atoms with Crippen LogP contribution in [0.3, 0.4) is 0 Å². The van der Waals surface area contributed by atoms with Crippen LogP contribution in [0.2, 0.25) is 0 Å². The molecule has 1 aliphatic rings. The third kappa shape index (κ3) is 2.31. The fraction of sp³-hybridized carbons (Fsp3) is 0.286. The summed E-state index contributed by atoms with van der Waals surface area (Å²) in [6, 6.07) is 6.04. The molecule has 0 bridgehead atoms. The van der Waals surface area contributed by atoms with Crippen molar-refractivity contribution in [2.24, 2.45) is 0 Å². The van der Waals surface area contributed by atoms with Crippen LogP contribution in [0, 0.1) is 0 Å². The molecule has 0 unspecified atom stereocenters. The lowest BCUT2D eigenvalue weighted by molar-refractivity contribution is 0.393. The Labute approximate surface area is 125 Å². The summed E-state index contributed by atoms with van der Waals surface area (Å²) in [6.07, 6.45) is 2.62. The number of hydrogen-bond donors (Lipinski definition) is 1. The number of fused-ring (bicyclic) bond motifs is 1. The number of anilines is 2. The van der Waals surface area contributed by atoms with Crippen molar-refractivity contribution in [1.82, 2.24) is 9.97 Å². The van der Waals surface area contributed by atoms with Gasteiger partial charge in [0.25, 0.3) is 0 Å². The van der Waals surface area contributed by atoms with Gasteiger partial charge in [0.15, 0.2) is 0 Å². The average molecular weight is 335 g/mol. The summed E-state index contributed by atoms with van der Waals surface area (Å²) in [5.41, 5.74) is 9.37. The molecule has 0 saturated carbocycles. The highest BCUT2D eigenvalue weighted by atomic mass is 79.9. The van der Waals surface area contributed by atoms with Crippen molar-refractivity contribution in [3.05, 3.63) is 40.0 Å². The summed E-state index contributed by atoms with van der Waals surface area (Å²) in [5, 5.41) is 0. The summed E-state index contributed by atoms with van der Waals surface area (Å²) < 4.78 is 5.98. The lowest BCUT2D eigenvalue weighted by Gasteiger charge is -2.29. The molecule has 0 spiro atoms. The number of benzene rings is 1. The Kier molecular flexibility index (Phi) is 3.48. The zero-order chi connectivity index (χ0) is 14.1. The predicted octanol–water partition coefficient (Wildman–Crippen LogP) is 2.39. The fourth-order valence-electron chi connectivity index (χ4n) is 2.45. The molecule has 20 heavy (non-hydrogen) atoms. The second-order valence-electron chi connectivity index (χ2n) is 4.68. The van der Waals surface area contributed by atoms with E-state index in [-0.39, 0.29) is 0 Å². The fourth-order valence-corrected chi connectivity index (χ4v) is 2.80. The maximum absolute atomic E-state index is 6.02. The molecule has 0 saturated heterocycles. The van der Waals surface area contributed by atoms with Gasteiger partial charge in [0.2, 0.25) is 11.8 Å². The van der Waals surface area contributed by atoms with Crippen LogP contribution < -0.4 is 15.4 Å². The summed E-state index contributed by atoms with van der Waals surface area (Å²) in [5.74, 6) is 1.23. The Hall–Kier alpha value is -1.82. The molecule has 5 nitrogen and oxygen atoms in total. The molecule has 1 aromatic carbocycles. The number of halogens is 1. The van der Waals surface area contributed by atoms with Crippen LogP contribution in [0.1, 0.15) is 11.1 Å². The molecule has 104 valence electrons. The van der Waals surface area contributed by atoms with Gasteiger partial charge >= 0.3 is 0 Å². The summed E-state index contributed by atoms with van der Waals surface area (Å²) in [7, 11) is 1.60. The number of methoxy groups -OCH3 is 1. The highest BCUT2D eigenvalue weighted by molar-refractivity contribution is 9.10. The molecule has 2 aromatic rings. The SMILES string of the molecule is COc1nc(N2CCc3c(N)cccc3C2)ncc1Br. The zero-order valence-electron chi connectivity index (χ0n) is 11.1. The van der Waals surface area contributed by atoms with Gasteiger partial charge in [-0.25, -0.2) is 4.98 Å². The lowest BCUT2D eigenvalue weighted by Crippen LogP contribution is -2.32. The molecule has 0 aliphatic carbocycles. The molecule has 1 aliphatic heterocycles. The van der Waals surface area contributed by atoms with Gasteiger partial charge in [-0.05, 0) is 39.5 Å². The molecule has 2 heterocycles. The Morgan fingerprint density at radius 2 is 2.25 bits per heavy atom. The van der Waals surface area contributed by atoms with Gasteiger partial charge in [0.1, 0.15) is 0 Å².